The van der Waals surface area contributed by atoms with Gasteiger partial charge in [0, 0.05) is 24.6 Å². The summed E-state index contributed by atoms with van der Waals surface area (Å²) in [6, 6.07) is 5.49. The van der Waals surface area contributed by atoms with Crippen molar-refractivity contribution in [3.8, 4) is 0 Å². The standard InChI is InChI=1S/C23H25FN2O4S/c1-2-30-23(29)19-18(14-3-4-14)13-31-21(19)25-20(27)15-9-11-26(12-10-15)22(28)16-5-7-17(24)8-6-16/h5-8,13-15H,2-4,9-12H2,1H3,(H,25,27). The number of piperidine rings is 1. The van der Waals surface area contributed by atoms with Crippen molar-refractivity contribution in [1.29, 1.82) is 0 Å². The number of nitrogens with zero attached hydrogens (tertiary/aromatic N) is 1. The first-order valence-electron chi connectivity index (χ1n) is 10.6. The fourth-order valence-electron chi connectivity index (χ4n) is 3.91. The Morgan fingerprint density at radius 1 is 1.13 bits per heavy atom. The van der Waals surface area contributed by atoms with Gasteiger partial charge < -0.3 is 15.0 Å². The number of esters is 1. The molecule has 4 rings (SSSR count). The molecule has 1 aromatic heterocycles. The lowest BCUT2D eigenvalue weighted by molar-refractivity contribution is -0.121. The van der Waals surface area contributed by atoms with Crippen LogP contribution < -0.4 is 5.32 Å². The van der Waals surface area contributed by atoms with E-state index in [9.17, 15) is 18.8 Å². The third-order valence-corrected chi connectivity index (χ3v) is 6.71. The second-order valence-corrected chi connectivity index (χ2v) is 8.83. The molecule has 0 spiro atoms. The summed E-state index contributed by atoms with van der Waals surface area (Å²) in [6.07, 6.45) is 3.18. The smallest absolute Gasteiger partial charge is 0.341 e. The zero-order chi connectivity index (χ0) is 22.0. The largest absolute Gasteiger partial charge is 0.462 e. The fourth-order valence-corrected chi connectivity index (χ4v) is 4.94. The van der Waals surface area contributed by atoms with Gasteiger partial charge >= 0.3 is 5.97 Å². The number of nitrogens with one attached hydrogen (secondary N) is 1. The molecule has 0 unspecified atom stereocenters. The monoisotopic (exact) mass is 444 g/mol. The number of halogens is 1. The summed E-state index contributed by atoms with van der Waals surface area (Å²) in [4.78, 5) is 39.6. The molecule has 1 aliphatic heterocycles. The van der Waals surface area contributed by atoms with Crippen molar-refractivity contribution in [3.63, 3.8) is 0 Å². The summed E-state index contributed by atoms with van der Waals surface area (Å²) in [7, 11) is 0. The molecule has 164 valence electrons. The minimum absolute atomic E-state index is 0.136. The summed E-state index contributed by atoms with van der Waals surface area (Å²) >= 11 is 1.37. The van der Waals surface area contributed by atoms with Gasteiger partial charge in [0.1, 0.15) is 10.8 Å². The van der Waals surface area contributed by atoms with Crippen LogP contribution in [0.25, 0.3) is 0 Å². The van der Waals surface area contributed by atoms with Gasteiger partial charge in [-0.1, -0.05) is 0 Å². The first-order valence-corrected chi connectivity index (χ1v) is 11.5. The van der Waals surface area contributed by atoms with Crippen LogP contribution in [0.15, 0.2) is 29.6 Å². The number of ether oxygens (including phenoxy) is 1. The van der Waals surface area contributed by atoms with Crippen molar-refractivity contribution >= 4 is 34.1 Å². The lowest BCUT2D eigenvalue weighted by atomic mass is 9.95. The molecule has 2 aromatic rings. The van der Waals surface area contributed by atoms with Crippen LogP contribution in [0.1, 0.15) is 64.8 Å². The summed E-state index contributed by atoms with van der Waals surface area (Å²) < 4.78 is 18.3. The predicted molar refractivity (Wildman–Crippen MR) is 116 cm³/mol. The van der Waals surface area contributed by atoms with Gasteiger partial charge in [-0.15, -0.1) is 11.3 Å². The average molecular weight is 445 g/mol. The Hall–Kier alpha value is -2.74. The number of carbonyl (C=O) groups excluding carboxylic acids is 3. The number of anilines is 1. The quantitative estimate of drug-likeness (QED) is 0.669. The van der Waals surface area contributed by atoms with E-state index in [1.807, 2.05) is 5.38 Å². The van der Waals surface area contributed by atoms with Gasteiger partial charge in [0.15, 0.2) is 0 Å². The van der Waals surface area contributed by atoms with E-state index in [0.717, 1.165) is 18.4 Å². The lowest BCUT2D eigenvalue weighted by Gasteiger charge is -2.31. The molecule has 1 saturated carbocycles. The van der Waals surface area contributed by atoms with Crippen molar-refractivity contribution in [1.82, 2.24) is 4.90 Å². The Bertz CT molecular complexity index is 976. The molecule has 1 aromatic carbocycles. The third-order valence-electron chi connectivity index (χ3n) is 5.80. The van der Waals surface area contributed by atoms with E-state index in [4.69, 9.17) is 4.74 Å². The zero-order valence-corrected chi connectivity index (χ0v) is 18.2. The van der Waals surface area contributed by atoms with Crippen LogP contribution in [0.3, 0.4) is 0 Å². The van der Waals surface area contributed by atoms with Gasteiger partial charge in [0.2, 0.25) is 5.91 Å². The third kappa shape index (κ3) is 4.79. The molecule has 31 heavy (non-hydrogen) atoms. The van der Waals surface area contributed by atoms with Gasteiger partial charge in [0.25, 0.3) is 5.91 Å². The first-order chi connectivity index (χ1) is 15.0. The highest BCUT2D eigenvalue weighted by molar-refractivity contribution is 7.15. The zero-order valence-electron chi connectivity index (χ0n) is 17.4. The molecule has 6 nitrogen and oxygen atoms in total. The van der Waals surface area contributed by atoms with E-state index >= 15 is 0 Å². The number of benzene rings is 1. The molecule has 2 heterocycles. The van der Waals surface area contributed by atoms with E-state index in [2.05, 4.69) is 5.32 Å². The molecule has 1 aliphatic carbocycles. The first kappa shape index (κ1) is 21.5. The minimum atomic E-state index is -0.388. The van der Waals surface area contributed by atoms with Crippen LogP contribution in [0.5, 0.6) is 0 Å². The summed E-state index contributed by atoms with van der Waals surface area (Å²) in [5.74, 6) is -0.923. The Morgan fingerprint density at radius 2 is 1.81 bits per heavy atom. The maximum absolute atomic E-state index is 13.1. The molecule has 0 radical (unpaired) electrons. The fraction of sp³-hybridized carbons (Fsp3) is 0.435. The number of carbonyl (C=O) groups is 3. The number of rotatable bonds is 6. The van der Waals surface area contributed by atoms with Crippen LogP contribution in [0.4, 0.5) is 9.39 Å². The number of hydrogen-bond acceptors (Lipinski definition) is 5. The highest BCUT2D eigenvalue weighted by Gasteiger charge is 2.34. The van der Waals surface area contributed by atoms with Crippen LogP contribution in [0.2, 0.25) is 0 Å². The number of hydrogen-bond donors (Lipinski definition) is 1. The van der Waals surface area contributed by atoms with Crippen LogP contribution >= 0.6 is 11.3 Å². The average Bonchev–Trinajstić information content (AvgIpc) is 3.54. The van der Waals surface area contributed by atoms with E-state index in [1.165, 1.54) is 35.6 Å². The number of thiophene rings is 1. The summed E-state index contributed by atoms with van der Waals surface area (Å²) in [6.45, 7) is 2.96. The molecule has 2 fully saturated rings. The Kier molecular flexibility index (Phi) is 6.36. The molecule has 2 aliphatic rings. The maximum atomic E-state index is 13.1. The van der Waals surface area contributed by atoms with E-state index in [0.29, 0.717) is 48.0 Å². The molecule has 0 bridgehead atoms. The van der Waals surface area contributed by atoms with Gasteiger partial charge in [-0.25, -0.2) is 9.18 Å². The molecule has 2 amide bonds. The molecule has 8 heteroatoms. The topological polar surface area (TPSA) is 75.7 Å². The normalized spacial score (nSPS) is 16.8. The van der Waals surface area contributed by atoms with Crippen LogP contribution in [-0.2, 0) is 9.53 Å². The minimum Gasteiger partial charge on any atom is -0.462 e. The Labute approximate surface area is 184 Å². The van der Waals surface area contributed by atoms with Crippen LogP contribution in [-0.4, -0.2) is 42.4 Å². The van der Waals surface area contributed by atoms with Gasteiger partial charge in [-0.2, -0.15) is 0 Å². The number of amides is 2. The van der Waals surface area contributed by atoms with Crippen molar-refractivity contribution in [2.75, 3.05) is 25.0 Å². The van der Waals surface area contributed by atoms with E-state index in [-0.39, 0.29) is 36.1 Å². The predicted octanol–water partition coefficient (Wildman–Crippen LogP) is 4.43. The molecular formula is C23H25FN2O4S. The van der Waals surface area contributed by atoms with E-state index in [1.54, 1.807) is 11.8 Å². The van der Waals surface area contributed by atoms with Gasteiger partial charge in [0.05, 0.1) is 12.2 Å². The highest BCUT2D eigenvalue weighted by Crippen LogP contribution is 2.46. The highest BCUT2D eigenvalue weighted by atomic mass is 32.1. The van der Waals surface area contributed by atoms with Gasteiger partial charge in [-0.05, 0) is 73.7 Å². The molecule has 1 saturated heterocycles. The molecule has 0 atom stereocenters. The Morgan fingerprint density at radius 3 is 2.42 bits per heavy atom. The Balaban J connectivity index is 1.38. The lowest BCUT2D eigenvalue weighted by Crippen LogP contribution is -2.41. The molecule has 1 N–H and O–H groups in total. The van der Waals surface area contributed by atoms with Crippen molar-refractivity contribution < 1.29 is 23.5 Å². The van der Waals surface area contributed by atoms with Crippen molar-refractivity contribution in [3.05, 3.63) is 52.2 Å². The van der Waals surface area contributed by atoms with Gasteiger partial charge in [-0.3, -0.25) is 9.59 Å². The second kappa shape index (κ2) is 9.18. The summed E-state index contributed by atoms with van der Waals surface area (Å²) in [5, 5.41) is 5.44. The SMILES string of the molecule is CCOC(=O)c1c(C2CC2)csc1NC(=O)C1CCN(C(=O)c2ccc(F)cc2)CC1. The maximum Gasteiger partial charge on any atom is 0.341 e. The second-order valence-electron chi connectivity index (χ2n) is 7.95. The number of likely N-dealkylation sites (tertiary alicyclic amines) is 1. The van der Waals surface area contributed by atoms with Crippen molar-refractivity contribution in [2.45, 2.75) is 38.5 Å². The molecular weight excluding hydrogens is 419 g/mol. The van der Waals surface area contributed by atoms with E-state index < -0.39 is 0 Å². The van der Waals surface area contributed by atoms with Crippen LogP contribution in [0, 0.1) is 11.7 Å². The van der Waals surface area contributed by atoms with Crippen molar-refractivity contribution in [2.24, 2.45) is 5.92 Å². The summed E-state index contributed by atoms with van der Waals surface area (Å²) in [5.41, 5.74) is 1.90.